The van der Waals surface area contributed by atoms with Crippen LogP contribution in [-0.4, -0.2) is 48.8 Å². The lowest BCUT2D eigenvalue weighted by Crippen LogP contribution is -2.35. The van der Waals surface area contributed by atoms with Crippen LogP contribution in [0.15, 0.2) is 0 Å². The van der Waals surface area contributed by atoms with Gasteiger partial charge in [-0.3, -0.25) is 0 Å². The molecular formula is C8H15NO3. The van der Waals surface area contributed by atoms with E-state index in [-0.39, 0.29) is 12.7 Å². The summed E-state index contributed by atoms with van der Waals surface area (Å²) in [4.78, 5) is 12.4. The molecule has 0 aromatic carbocycles. The van der Waals surface area contributed by atoms with Gasteiger partial charge in [0.15, 0.2) is 0 Å². The van der Waals surface area contributed by atoms with Gasteiger partial charge < -0.3 is 14.7 Å². The highest BCUT2D eigenvalue weighted by atomic mass is 16.5. The Morgan fingerprint density at radius 2 is 2.17 bits per heavy atom. The van der Waals surface area contributed by atoms with Gasteiger partial charge in [0, 0.05) is 13.1 Å². The van der Waals surface area contributed by atoms with E-state index in [0.29, 0.717) is 0 Å². The zero-order chi connectivity index (χ0) is 8.97. The van der Waals surface area contributed by atoms with Crippen molar-refractivity contribution in [3.63, 3.8) is 0 Å². The van der Waals surface area contributed by atoms with Crippen LogP contribution in [0.3, 0.4) is 0 Å². The van der Waals surface area contributed by atoms with Crippen molar-refractivity contribution >= 4 is 5.97 Å². The molecule has 70 valence electrons. The molecule has 0 atom stereocenters. The molecule has 1 fully saturated rings. The number of carbonyl (C=O) groups is 1. The van der Waals surface area contributed by atoms with Crippen molar-refractivity contribution in [1.29, 1.82) is 0 Å². The van der Waals surface area contributed by atoms with E-state index in [2.05, 4.69) is 11.9 Å². The van der Waals surface area contributed by atoms with Crippen LogP contribution < -0.4 is 0 Å². The number of carboxylic acids is 1. The van der Waals surface area contributed by atoms with E-state index in [1.54, 1.807) is 0 Å². The molecule has 4 nitrogen and oxygen atoms in total. The van der Waals surface area contributed by atoms with Crippen LogP contribution in [0.1, 0.15) is 12.8 Å². The second kappa shape index (κ2) is 4.42. The van der Waals surface area contributed by atoms with Crippen LogP contribution in [0.25, 0.3) is 0 Å². The van der Waals surface area contributed by atoms with E-state index in [9.17, 15) is 4.79 Å². The number of likely N-dealkylation sites (tertiary alicyclic amines) is 1. The maximum atomic E-state index is 10.2. The molecule has 4 heteroatoms. The number of nitrogens with zero attached hydrogens (tertiary/aromatic N) is 1. The Labute approximate surface area is 72.1 Å². The summed E-state index contributed by atoms with van der Waals surface area (Å²) in [5, 5.41) is 8.36. The summed E-state index contributed by atoms with van der Waals surface area (Å²) < 4.78 is 5.17. The summed E-state index contributed by atoms with van der Waals surface area (Å²) in [6.45, 7) is 1.85. The summed E-state index contributed by atoms with van der Waals surface area (Å²) in [7, 11) is 2.06. The predicted molar refractivity (Wildman–Crippen MR) is 44.1 cm³/mol. The number of hydrogen-bond donors (Lipinski definition) is 1. The van der Waals surface area contributed by atoms with Crippen molar-refractivity contribution in [3.05, 3.63) is 0 Å². The first kappa shape index (κ1) is 9.48. The lowest BCUT2D eigenvalue weighted by atomic mass is 10.1. The first-order chi connectivity index (χ1) is 5.68. The normalized spacial score (nSPS) is 21.1. The van der Waals surface area contributed by atoms with Crippen LogP contribution in [0, 0.1) is 0 Å². The summed E-state index contributed by atoms with van der Waals surface area (Å²) in [5.74, 6) is -0.881. The third-order valence-corrected chi connectivity index (χ3v) is 2.11. The maximum Gasteiger partial charge on any atom is 0.329 e. The predicted octanol–water partition coefficient (Wildman–Crippen LogP) is 0.182. The van der Waals surface area contributed by atoms with E-state index in [4.69, 9.17) is 9.84 Å². The van der Waals surface area contributed by atoms with E-state index >= 15 is 0 Å². The Kier molecular flexibility index (Phi) is 3.49. The highest BCUT2D eigenvalue weighted by molar-refractivity contribution is 5.68. The Morgan fingerprint density at radius 1 is 1.58 bits per heavy atom. The lowest BCUT2D eigenvalue weighted by molar-refractivity contribution is -0.145. The molecule has 1 saturated heterocycles. The standard InChI is InChI=1S/C8H15NO3/c1-9-4-2-7(3-5-9)12-6-8(10)11/h7H,2-6H2,1H3,(H,10,11). The largest absolute Gasteiger partial charge is 0.480 e. The second-order valence-corrected chi connectivity index (χ2v) is 3.21. The van der Waals surface area contributed by atoms with Crippen LogP contribution in [-0.2, 0) is 9.53 Å². The molecule has 0 radical (unpaired) electrons. The third kappa shape index (κ3) is 3.19. The van der Waals surface area contributed by atoms with E-state index in [1.807, 2.05) is 0 Å². The summed E-state index contributed by atoms with van der Waals surface area (Å²) in [5.41, 5.74) is 0. The van der Waals surface area contributed by atoms with Crippen molar-refractivity contribution in [2.45, 2.75) is 18.9 Å². The van der Waals surface area contributed by atoms with Gasteiger partial charge in [-0.1, -0.05) is 0 Å². The lowest BCUT2D eigenvalue weighted by Gasteiger charge is -2.28. The van der Waals surface area contributed by atoms with E-state index < -0.39 is 5.97 Å². The molecule has 0 unspecified atom stereocenters. The molecule has 0 spiro atoms. The van der Waals surface area contributed by atoms with Crippen LogP contribution >= 0.6 is 0 Å². The molecule has 0 aromatic rings. The van der Waals surface area contributed by atoms with Gasteiger partial charge in [0.1, 0.15) is 6.61 Å². The Hall–Kier alpha value is -0.610. The van der Waals surface area contributed by atoms with Crippen molar-refractivity contribution in [2.75, 3.05) is 26.7 Å². The molecular weight excluding hydrogens is 158 g/mol. The average Bonchev–Trinajstić information content (AvgIpc) is 2.03. The average molecular weight is 173 g/mol. The minimum atomic E-state index is -0.881. The van der Waals surface area contributed by atoms with Gasteiger partial charge >= 0.3 is 5.97 Å². The van der Waals surface area contributed by atoms with Crippen LogP contribution in [0.5, 0.6) is 0 Å². The number of rotatable bonds is 3. The van der Waals surface area contributed by atoms with Crippen LogP contribution in [0.2, 0.25) is 0 Å². The quantitative estimate of drug-likeness (QED) is 0.661. The van der Waals surface area contributed by atoms with Gasteiger partial charge in [0.25, 0.3) is 0 Å². The SMILES string of the molecule is CN1CCC(OCC(=O)O)CC1. The van der Waals surface area contributed by atoms with Gasteiger partial charge in [-0.2, -0.15) is 0 Å². The second-order valence-electron chi connectivity index (χ2n) is 3.21. The number of aliphatic carboxylic acids is 1. The van der Waals surface area contributed by atoms with Crippen molar-refractivity contribution in [1.82, 2.24) is 4.90 Å². The van der Waals surface area contributed by atoms with Gasteiger partial charge in [-0.25, -0.2) is 4.79 Å². The molecule has 0 bridgehead atoms. The zero-order valence-corrected chi connectivity index (χ0v) is 7.32. The van der Waals surface area contributed by atoms with E-state index in [0.717, 1.165) is 25.9 Å². The molecule has 1 rings (SSSR count). The molecule has 0 amide bonds. The fourth-order valence-corrected chi connectivity index (χ4v) is 1.34. The Bertz CT molecular complexity index is 152. The maximum absolute atomic E-state index is 10.2. The molecule has 1 heterocycles. The van der Waals surface area contributed by atoms with Gasteiger partial charge in [0.2, 0.25) is 0 Å². The first-order valence-electron chi connectivity index (χ1n) is 4.20. The number of ether oxygens (including phenoxy) is 1. The molecule has 0 aromatic heterocycles. The topological polar surface area (TPSA) is 49.8 Å². The fraction of sp³-hybridized carbons (Fsp3) is 0.875. The highest BCUT2D eigenvalue weighted by Gasteiger charge is 2.17. The number of hydrogen-bond acceptors (Lipinski definition) is 3. The van der Waals surface area contributed by atoms with Gasteiger partial charge in [0.05, 0.1) is 6.10 Å². The smallest absolute Gasteiger partial charge is 0.329 e. The van der Waals surface area contributed by atoms with Crippen LogP contribution in [0.4, 0.5) is 0 Å². The number of carboxylic acid groups (broad SMARTS) is 1. The molecule has 0 aliphatic carbocycles. The molecule has 1 N–H and O–H groups in total. The molecule has 0 saturated carbocycles. The fourth-order valence-electron chi connectivity index (χ4n) is 1.34. The summed E-state index contributed by atoms with van der Waals surface area (Å²) in [6.07, 6.45) is 2.05. The highest BCUT2D eigenvalue weighted by Crippen LogP contribution is 2.11. The summed E-state index contributed by atoms with van der Waals surface area (Å²) in [6, 6.07) is 0. The zero-order valence-electron chi connectivity index (χ0n) is 7.32. The molecule has 1 aliphatic heterocycles. The van der Waals surface area contributed by atoms with Crippen molar-refractivity contribution in [2.24, 2.45) is 0 Å². The number of piperidine rings is 1. The van der Waals surface area contributed by atoms with Gasteiger partial charge in [-0.05, 0) is 19.9 Å². The molecule has 12 heavy (non-hydrogen) atoms. The monoisotopic (exact) mass is 173 g/mol. The first-order valence-corrected chi connectivity index (χ1v) is 4.20. The minimum absolute atomic E-state index is 0.150. The Morgan fingerprint density at radius 3 is 2.67 bits per heavy atom. The van der Waals surface area contributed by atoms with Crippen molar-refractivity contribution in [3.8, 4) is 0 Å². The Balaban J connectivity index is 2.13. The van der Waals surface area contributed by atoms with Crippen molar-refractivity contribution < 1.29 is 14.6 Å². The molecule has 1 aliphatic rings. The minimum Gasteiger partial charge on any atom is -0.480 e. The third-order valence-electron chi connectivity index (χ3n) is 2.11. The van der Waals surface area contributed by atoms with Gasteiger partial charge in [-0.15, -0.1) is 0 Å². The van der Waals surface area contributed by atoms with E-state index in [1.165, 1.54) is 0 Å². The summed E-state index contributed by atoms with van der Waals surface area (Å²) >= 11 is 0.